The fourth-order valence-electron chi connectivity index (χ4n) is 4.77. The molecule has 0 aromatic heterocycles. The first kappa shape index (κ1) is 27.9. The molecule has 3 unspecified atom stereocenters. The van der Waals surface area contributed by atoms with Crippen LogP contribution in [0.5, 0.6) is 0 Å². The minimum Gasteiger partial charge on any atom is -0.353 e. The lowest BCUT2D eigenvalue weighted by Gasteiger charge is -2.40. The number of piperidine rings is 1. The van der Waals surface area contributed by atoms with E-state index in [1.54, 1.807) is 30.5 Å². The molecular formula is C26H24ClF6N3O2. The molecular weight excluding hydrogens is 536 g/mol. The SMILES string of the molecule is O=C(NC1CCN(C(=O)c2cc(C(F)(F)F)cc(C(F)(F)F)c2)C(Cc2ccc(Cl)cc2)C1)C1CC=NC1. The normalized spacial score (nSPS) is 22.0. The zero-order valence-electron chi connectivity index (χ0n) is 20.0. The third-order valence-electron chi connectivity index (χ3n) is 6.76. The summed E-state index contributed by atoms with van der Waals surface area (Å²) in [6.45, 7) is 0.426. The maximum atomic E-state index is 13.4. The minimum atomic E-state index is -5.07. The lowest BCUT2D eigenvalue weighted by molar-refractivity contribution is -0.143. The van der Waals surface area contributed by atoms with Gasteiger partial charge in [-0.15, -0.1) is 0 Å². The molecule has 5 nitrogen and oxygen atoms in total. The number of aliphatic imine (C=N–C) groups is 1. The predicted molar refractivity (Wildman–Crippen MR) is 129 cm³/mol. The maximum absolute atomic E-state index is 13.4. The third-order valence-corrected chi connectivity index (χ3v) is 7.01. The molecule has 4 rings (SSSR count). The molecule has 3 atom stereocenters. The number of rotatable bonds is 5. The van der Waals surface area contributed by atoms with Gasteiger partial charge in [0.15, 0.2) is 0 Å². The highest BCUT2D eigenvalue weighted by atomic mass is 35.5. The Labute approximate surface area is 219 Å². The number of hydrogen-bond donors (Lipinski definition) is 1. The number of halogens is 7. The van der Waals surface area contributed by atoms with Crippen LogP contribution in [0.15, 0.2) is 47.5 Å². The molecule has 2 aliphatic heterocycles. The van der Waals surface area contributed by atoms with Crippen LogP contribution in [0.1, 0.15) is 46.3 Å². The molecule has 0 spiro atoms. The topological polar surface area (TPSA) is 61.8 Å². The molecule has 2 heterocycles. The quantitative estimate of drug-likeness (QED) is 0.471. The van der Waals surface area contributed by atoms with E-state index in [0.29, 0.717) is 36.5 Å². The van der Waals surface area contributed by atoms with Gasteiger partial charge in [0, 0.05) is 29.2 Å². The number of carbonyl (C=O) groups excluding carboxylic acids is 2. The van der Waals surface area contributed by atoms with E-state index in [-0.39, 0.29) is 43.3 Å². The zero-order valence-corrected chi connectivity index (χ0v) is 20.7. The summed E-state index contributed by atoms with van der Waals surface area (Å²) in [5.41, 5.74) is -3.02. The smallest absolute Gasteiger partial charge is 0.353 e. The molecule has 2 aromatic rings. The number of nitrogens with zero attached hydrogens (tertiary/aromatic N) is 2. The van der Waals surface area contributed by atoms with E-state index in [1.165, 1.54) is 4.90 Å². The Kier molecular flexibility index (Phi) is 8.06. The Morgan fingerprint density at radius 2 is 1.63 bits per heavy atom. The van der Waals surface area contributed by atoms with Gasteiger partial charge in [-0.2, -0.15) is 26.3 Å². The number of benzene rings is 2. The number of hydrogen-bond acceptors (Lipinski definition) is 3. The van der Waals surface area contributed by atoms with Crippen LogP contribution in [0.4, 0.5) is 26.3 Å². The van der Waals surface area contributed by atoms with Crippen molar-refractivity contribution < 1.29 is 35.9 Å². The molecule has 38 heavy (non-hydrogen) atoms. The standard InChI is InChI=1S/C26H24ClF6N3O2/c27-20-3-1-15(2-4-20)9-22-13-21(35-23(37)16-5-7-34-14-16)6-8-36(22)24(38)17-10-18(25(28,29)30)12-19(11-17)26(31,32)33/h1-4,7,10-12,16,21-22H,5-6,8-9,13-14H2,(H,35,37). The van der Waals surface area contributed by atoms with Gasteiger partial charge < -0.3 is 10.2 Å². The summed E-state index contributed by atoms with van der Waals surface area (Å²) in [7, 11) is 0. The van der Waals surface area contributed by atoms with Crippen molar-refractivity contribution in [2.24, 2.45) is 10.9 Å². The first-order valence-electron chi connectivity index (χ1n) is 11.9. The fourth-order valence-corrected chi connectivity index (χ4v) is 4.89. The fraction of sp³-hybridized carbons (Fsp3) is 0.423. The van der Waals surface area contributed by atoms with Gasteiger partial charge in [-0.1, -0.05) is 23.7 Å². The summed E-state index contributed by atoms with van der Waals surface area (Å²) < 4.78 is 80.3. The summed E-state index contributed by atoms with van der Waals surface area (Å²) in [4.78, 5) is 31.4. The van der Waals surface area contributed by atoms with Gasteiger partial charge in [0.05, 0.1) is 23.6 Å². The van der Waals surface area contributed by atoms with Crippen molar-refractivity contribution in [1.29, 1.82) is 0 Å². The third kappa shape index (κ3) is 6.67. The lowest BCUT2D eigenvalue weighted by atomic mass is 9.90. The van der Waals surface area contributed by atoms with E-state index in [4.69, 9.17) is 11.6 Å². The second-order valence-corrected chi connectivity index (χ2v) is 9.92. The largest absolute Gasteiger partial charge is 0.416 e. The van der Waals surface area contributed by atoms with Crippen LogP contribution in [0.3, 0.4) is 0 Å². The number of likely N-dealkylation sites (tertiary alicyclic amines) is 1. The molecule has 1 fully saturated rings. The molecule has 0 saturated carbocycles. The van der Waals surface area contributed by atoms with Crippen LogP contribution in [0, 0.1) is 5.92 Å². The second kappa shape index (κ2) is 11.0. The molecule has 1 saturated heterocycles. The Bertz CT molecular complexity index is 1170. The highest BCUT2D eigenvalue weighted by Crippen LogP contribution is 2.37. The van der Waals surface area contributed by atoms with Gasteiger partial charge in [0.1, 0.15) is 0 Å². The van der Waals surface area contributed by atoms with Crippen molar-refractivity contribution >= 4 is 29.6 Å². The Morgan fingerprint density at radius 3 is 2.18 bits per heavy atom. The molecule has 1 N–H and O–H groups in total. The van der Waals surface area contributed by atoms with Crippen LogP contribution in [0.25, 0.3) is 0 Å². The van der Waals surface area contributed by atoms with Crippen LogP contribution >= 0.6 is 11.6 Å². The summed E-state index contributed by atoms with van der Waals surface area (Å²) in [6, 6.07) is 6.74. The summed E-state index contributed by atoms with van der Waals surface area (Å²) in [6.07, 6.45) is -7.09. The molecule has 0 bridgehead atoms. The van der Waals surface area contributed by atoms with Crippen molar-refractivity contribution in [1.82, 2.24) is 10.2 Å². The van der Waals surface area contributed by atoms with Crippen molar-refractivity contribution in [2.45, 2.75) is 50.1 Å². The van der Waals surface area contributed by atoms with E-state index >= 15 is 0 Å². The monoisotopic (exact) mass is 559 g/mol. The molecule has 2 aliphatic rings. The number of nitrogens with one attached hydrogen (secondary N) is 1. The van der Waals surface area contributed by atoms with Crippen molar-refractivity contribution in [3.05, 3.63) is 69.7 Å². The molecule has 0 radical (unpaired) electrons. The molecule has 204 valence electrons. The predicted octanol–water partition coefficient (Wildman–Crippen LogP) is 5.80. The van der Waals surface area contributed by atoms with Crippen molar-refractivity contribution in [2.75, 3.05) is 13.1 Å². The van der Waals surface area contributed by atoms with E-state index in [1.807, 2.05) is 0 Å². The van der Waals surface area contributed by atoms with Crippen LogP contribution in [-0.2, 0) is 23.6 Å². The van der Waals surface area contributed by atoms with E-state index in [0.717, 1.165) is 5.56 Å². The van der Waals surface area contributed by atoms with Gasteiger partial charge in [0.2, 0.25) is 5.91 Å². The van der Waals surface area contributed by atoms with Crippen molar-refractivity contribution in [3.8, 4) is 0 Å². The Balaban J connectivity index is 1.61. The summed E-state index contributed by atoms with van der Waals surface area (Å²) in [5, 5.41) is 3.45. The van der Waals surface area contributed by atoms with Crippen LogP contribution in [-0.4, -0.2) is 48.1 Å². The second-order valence-electron chi connectivity index (χ2n) is 9.49. The van der Waals surface area contributed by atoms with Gasteiger partial charge >= 0.3 is 12.4 Å². The molecule has 2 amide bonds. The zero-order chi connectivity index (χ0) is 27.7. The average Bonchev–Trinajstić information content (AvgIpc) is 3.39. The van der Waals surface area contributed by atoms with Crippen LogP contribution < -0.4 is 5.32 Å². The Morgan fingerprint density at radius 1 is 1.00 bits per heavy atom. The van der Waals surface area contributed by atoms with E-state index in [2.05, 4.69) is 10.3 Å². The first-order valence-corrected chi connectivity index (χ1v) is 12.3. The number of alkyl halides is 6. The van der Waals surface area contributed by atoms with Gasteiger partial charge in [-0.25, -0.2) is 0 Å². The maximum Gasteiger partial charge on any atom is 0.416 e. The summed E-state index contributed by atoms with van der Waals surface area (Å²) in [5.74, 6) is -1.39. The van der Waals surface area contributed by atoms with E-state index in [9.17, 15) is 35.9 Å². The highest BCUT2D eigenvalue weighted by molar-refractivity contribution is 6.30. The minimum absolute atomic E-state index is 0.00350. The number of carbonyl (C=O) groups is 2. The average molecular weight is 560 g/mol. The summed E-state index contributed by atoms with van der Waals surface area (Å²) >= 11 is 5.95. The molecule has 0 aliphatic carbocycles. The van der Waals surface area contributed by atoms with Gasteiger partial charge in [-0.3, -0.25) is 14.6 Å². The van der Waals surface area contributed by atoms with Gasteiger partial charge in [0.25, 0.3) is 5.91 Å². The number of amides is 2. The van der Waals surface area contributed by atoms with Crippen molar-refractivity contribution in [3.63, 3.8) is 0 Å². The molecule has 12 heteroatoms. The lowest BCUT2D eigenvalue weighted by Crippen LogP contribution is -2.53. The Hall–Kier alpha value is -3.08. The molecule has 2 aromatic carbocycles. The van der Waals surface area contributed by atoms with Gasteiger partial charge in [-0.05, 0) is 67.8 Å². The highest BCUT2D eigenvalue weighted by Gasteiger charge is 2.39. The first-order chi connectivity index (χ1) is 17.8. The van der Waals surface area contributed by atoms with Crippen LogP contribution in [0.2, 0.25) is 5.02 Å². The van der Waals surface area contributed by atoms with E-state index < -0.39 is 41.0 Å².